The van der Waals surface area contributed by atoms with Crippen LogP contribution in [0.25, 0.3) is 0 Å². The summed E-state index contributed by atoms with van der Waals surface area (Å²) in [5.41, 5.74) is 0.993. The van der Waals surface area contributed by atoms with Crippen LogP contribution in [-0.4, -0.2) is 31.2 Å². The predicted octanol–water partition coefficient (Wildman–Crippen LogP) is 1.68. The topological polar surface area (TPSA) is 46.2 Å². The minimum atomic E-state index is 0. The van der Waals surface area contributed by atoms with Gasteiger partial charge < -0.3 is 15.4 Å². The second-order valence-electron chi connectivity index (χ2n) is 3.73. The van der Waals surface area contributed by atoms with Crippen molar-refractivity contribution in [1.29, 1.82) is 0 Å². The Morgan fingerprint density at radius 1 is 1.44 bits per heavy atom. The number of halogens is 1. The van der Waals surface area contributed by atoms with E-state index in [0.29, 0.717) is 11.9 Å². The summed E-state index contributed by atoms with van der Waals surface area (Å²) < 4.78 is 5.20. The number of rotatable bonds is 3. The molecule has 1 aromatic rings. The Balaban J connectivity index is 0.00000128. The van der Waals surface area contributed by atoms with Crippen molar-refractivity contribution in [2.45, 2.75) is 18.9 Å². The Bertz CT molecular complexity index is 316. The SMILES string of the molecule is COc1ncccc1NC1CCNCC1.Cl. The molecule has 1 aliphatic heterocycles. The zero-order chi connectivity index (χ0) is 10.5. The summed E-state index contributed by atoms with van der Waals surface area (Å²) in [5.74, 6) is 0.677. The third-order valence-electron chi connectivity index (χ3n) is 2.66. The molecule has 1 aromatic heterocycles. The fraction of sp³-hybridized carbons (Fsp3) is 0.545. The molecule has 0 aliphatic carbocycles. The maximum Gasteiger partial charge on any atom is 0.237 e. The van der Waals surface area contributed by atoms with Gasteiger partial charge in [-0.1, -0.05) is 0 Å². The van der Waals surface area contributed by atoms with Gasteiger partial charge in [0, 0.05) is 12.2 Å². The van der Waals surface area contributed by atoms with Gasteiger partial charge in [-0.05, 0) is 38.1 Å². The Kier molecular flexibility index (Phi) is 5.35. The van der Waals surface area contributed by atoms with E-state index in [9.17, 15) is 0 Å². The zero-order valence-corrected chi connectivity index (χ0v) is 10.2. The highest BCUT2D eigenvalue weighted by molar-refractivity contribution is 5.85. The first-order valence-electron chi connectivity index (χ1n) is 5.36. The molecular weight excluding hydrogens is 226 g/mol. The maximum absolute atomic E-state index is 5.20. The summed E-state index contributed by atoms with van der Waals surface area (Å²) in [4.78, 5) is 4.16. The van der Waals surface area contributed by atoms with Crippen LogP contribution in [0, 0.1) is 0 Å². The van der Waals surface area contributed by atoms with E-state index < -0.39 is 0 Å². The summed E-state index contributed by atoms with van der Waals surface area (Å²) in [6.45, 7) is 2.17. The first-order chi connectivity index (χ1) is 7.40. The first kappa shape index (κ1) is 13.1. The molecule has 0 spiro atoms. The summed E-state index contributed by atoms with van der Waals surface area (Å²) in [5, 5.41) is 6.82. The number of ether oxygens (including phenoxy) is 1. The van der Waals surface area contributed by atoms with Gasteiger partial charge >= 0.3 is 0 Å². The van der Waals surface area contributed by atoms with Gasteiger partial charge in [0.05, 0.1) is 12.8 Å². The van der Waals surface area contributed by atoms with Crippen LogP contribution in [0.2, 0.25) is 0 Å². The summed E-state index contributed by atoms with van der Waals surface area (Å²) in [7, 11) is 1.65. The maximum atomic E-state index is 5.20. The molecule has 0 saturated carbocycles. The standard InChI is InChI=1S/C11H17N3O.ClH/c1-15-11-10(3-2-6-13-11)14-9-4-7-12-8-5-9;/h2-3,6,9,12,14H,4-5,7-8H2,1H3;1H. The lowest BCUT2D eigenvalue weighted by Gasteiger charge is -2.25. The van der Waals surface area contributed by atoms with Gasteiger partial charge in [0.2, 0.25) is 5.88 Å². The average Bonchev–Trinajstić information content (AvgIpc) is 2.31. The largest absolute Gasteiger partial charge is 0.480 e. The van der Waals surface area contributed by atoms with Crippen LogP contribution in [0.4, 0.5) is 5.69 Å². The minimum absolute atomic E-state index is 0. The van der Waals surface area contributed by atoms with Gasteiger partial charge in [-0.3, -0.25) is 0 Å². The van der Waals surface area contributed by atoms with Crippen LogP contribution < -0.4 is 15.4 Å². The van der Waals surface area contributed by atoms with Gasteiger partial charge in [0.1, 0.15) is 0 Å². The highest BCUT2D eigenvalue weighted by Crippen LogP contribution is 2.22. The highest BCUT2D eigenvalue weighted by atomic mass is 35.5. The van der Waals surface area contributed by atoms with Crippen LogP contribution in [0.15, 0.2) is 18.3 Å². The van der Waals surface area contributed by atoms with E-state index in [1.807, 2.05) is 12.1 Å². The molecule has 5 heteroatoms. The van der Waals surface area contributed by atoms with E-state index in [1.54, 1.807) is 13.3 Å². The van der Waals surface area contributed by atoms with Crippen LogP contribution in [-0.2, 0) is 0 Å². The van der Waals surface area contributed by atoms with Crippen LogP contribution >= 0.6 is 12.4 Å². The fourth-order valence-corrected chi connectivity index (χ4v) is 1.85. The smallest absolute Gasteiger partial charge is 0.237 e. The van der Waals surface area contributed by atoms with Gasteiger partial charge in [-0.15, -0.1) is 12.4 Å². The fourth-order valence-electron chi connectivity index (χ4n) is 1.85. The molecule has 0 aromatic carbocycles. The van der Waals surface area contributed by atoms with Gasteiger partial charge in [0.15, 0.2) is 0 Å². The lowest BCUT2D eigenvalue weighted by molar-refractivity contribution is 0.397. The molecule has 0 unspecified atom stereocenters. The number of nitrogens with one attached hydrogen (secondary N) is 2. The molecule has 2 N–H and O–H groups in total. The first-order valence-corrected chi connectivity index (χ1v) is 5.36. The van der Waals surface area contributed by atoms with E-state index in [0.717, 1.165) is 31.6 Å². The van der Waals surface area contributed by atoms with E-state index in [4.69, 9.17) is 4.74 Å². The van der Waals surface area contributed by atoms with Crippen molar-refractivity contribution < 1.29 is 4.74 Å². The van der Waals surface area contributed by atoms with Crippen molar-refractivity contribution in [2.75, 3.05) is 25.5 Å². The monoisotopic (exact) mass is 243 g/mol. The number of methoxy groups -OCH3 is 1. The second-order valence-corrected chi connectivity index (χ2v) is 3.73. The summed E-state index contributed by atoms with van der Waals surface area (Å²) >= 11 is 0. The summed E-state index contributed by atoms with van der Waals surface area (Å²) in [6, 6.07) is 4.46. The highest BCUT2D eigenvalue weighted by Gasteiger charge is 2.14. The third-order valence-corrected chi connectivity index (χ3v) is 2.66. The normalized spacial score (nSPS) is 16.3. The van der Waals surface area contributed by atoms with E-state index in [1.165, 1.54) is 0 Å². The molecule has 4 nitrogen and oxygen atoms in total. The Morgan fingerprint density at radius 2 is 2.19 bits per heavy atom. The van der Waals surface area contributed by atoms with Crippen molar-refractivity contribution in [3.05, 3.63) is 18.3 Å². The number of anilines is 1. The molecule has 0 amide bonds. The van der Waals surface area contributed by atoms with Crippen LogP contribution in [0.3, 0.4) is 0 Å². The number of hydrogen-bond donors (Lipinski definition) is 2. The molecule has 1 aliphatic rings. The van der Waals surface area contributed by atoms with Gasteiger partial charge in [0.25, 0.3) is 0 Å². The van der Waals surface area contributed by atoms with Crippen LogP contribution in [0.5, 0.6) is 5.88 Å². The second kappa shape index (κ2) is 6.55. The lowest BCUT2D eigenvalue weighted by atomic mass is 10.1. The van der Waals surface area contributed by atoms with Gasteiger partial charge in [-0.25, -0.2) is 4.98 Å². The van der Waals surface area contributed by atoms with E-state index in [2.05, 4.69) is 15.6 Å². The summed E-state index contributed by atoms with van der Waals surface area (Å²) in [6.07, 6.45) is 4.04. The molecular formula is C11H18ClN3O. The molecule has 1 saturated heterocycles. The molecule has 2 rings (SSSR count). The third kappa shape index (κ3) is 3.25. The van der Waals surface area contributed by atoms with Crippen molar-refractivity contribution in [2.24, 2.45) is 0 Å². The number of piperidine rings is 1. The molecule has 16 heavy (non-hydrogen) atoms. The Morgan fingerprint density at radius 3 is 2.88 bits per heavy atom. The Hall–Kier alpha value is -1.00. The Labute approximate surface area is 102 Å². The number of hydrogen-bond acceptors (Lipinski definition) is 4. The molecule has 0 atom stereocenters. The number of aromatic nitrogens is 1. The lowest BCUT2D eigenvalue weighted by Crippen LogP contribution is -2.35. The molecule has 1 fully saturated rings. The molecule has 0 bridgehead atoms. The van der Waals surface area contributed by atoms with E-state index >= 15 is 0 Å². The average molecular weight is 244 g/mol. The van der Waals surface area contributed by atoms with Crippen molar-refractivity contribution in [3.8, 4) is 5.88 Å². The van der Waals surface area contributed by atoms with E-state index in [-0.39, 0.29) is 12.4 Å². The van der Waals surface area contributed by atoms with Crippen molar-refractivity contribution >= 4 is 18.1 Å². The molecule has 0 radical (unpaired) electrons. The zero-order valence-electron chi connectivity index (χ0n) is 9.40. The van der Waals surface area contributed by atoms with Crippen LogP contribution in [0.1, 0.15) is 12.8 Å². The predicted molar refractivity (Wildman–Crippen MR) is 67.6 cm³/mol. The van der Waals surface area contributed by atoms with Crippen molar-refractivity contribution in [1.82, 2.24) is 10.3 Å². The molecule has 2 heterocycles. The minimum Gasteiger partial charge on any atom is -0.480 e. The van der Waals surface area contributed by atoms with Crippen molar-refractivity contribution in [3.63, 3.8) is 0 Å². The van der Waals surface area contributed by atoms with Gasteiger partial charge in [-0.2, -0.15) is 0 Å². The quantitative estimate of drug-likeness (QED) is 0.848. The number of nitrogens with zero attached hydrogens (tertiary/aromatic N) is 1. The molecule has 90 valence electrons. The number of pyridine rings is 1.